The Morgan fingerprint density at radius 1 is 1.05 bits per heavy atom. The highest BCUT2D eigenvalue weighted by atomic mass is 16.6. The first-order chi connectivity index (χ1) is 9.04. The number of rotatable bonds is 6. The molecule has 0 aliphatic carbocycles. The van der Waals surface area contributed by atoms with E-state index in [1.807, 2.05) is 0 Å². The molecule has 1 aromatic carbocycles. The molecular formula is C14H18O5. The van der Waals surface area contributed by atoms with E-state index in [2.05, 4.69) is 0 Å². The van der Waals surface area contributed by atoms with Crippen molar-refractivity contribution >= 4 is 11.9 Å². The Morgan fingerprint density at radius 2 is 1.53 bits per heavy atom. The molecule has 19 heavy (non-hydrogen) atoms. The normalized spacial score (nSPS) is 10.9. The molecule has 0 saturated carbocycles. The van der Waals surface area contributed by atoms with Crippen molar-refractivity contribution < 1.29 is 24.2 Å². The van der Waals surface area contributed by atoms with Gasteiger partial charge < -0.3 is 14.6 Å². The molecule has 104 valence electrons. The number of benzene rings is 1. The third-order valence-corrected chi connectivity index (χ3v) is 2.53. The van der Waals surface area contributed by atoms with Gasteiger partial charge in [0.25, 0.3) is 5.60 Å². The number of hydrogen-bond acceptors (Lipinski definition) is 5. The summed E-state index contributed by atoms with van der Waals surface area (Å²) in [4.78, 5) is 23.6. The van der Waals surface area contributed by atoms with Gasteiger partial charge in [-0.25, -0.2) is 9.59 Å². The number of esters is 2. The smallest absolute Gasteiger partial charge is 0.350 e. The van der Waals surface area contributed by atoms with Crippen molar-refractivity contribution in [3.8, 4) is 0 Å². The minimum absolute atomic E-state index is 0.0787. The highest BCUT2D eigenvalue weighted by Crippen LogP contribution is 2.18. The molecule has 0 radical (unpaired) electrons. The second-order valence-electron chi connectivity index (χ2n) is 3.96. The summed E-state index contributed by atoms with van der Waals surface area (Å²) in [6, 6.07) is 8.74. The molecule has 0 atom stereocenters. The number of carbonyl (C=O) groups is 2. The van der Waals surface area contributed by atoms with E-state index in [1.165, 1.54) is 0 Å². The Morgan fingerprint density at radius 3 is 1.95 bits per heavy atom. The lowest BCUT2D eigenvalue weighted by Gasteiger charge is -2.23. The van der Waals surface area contributed by atoms with Crippen molar-refractivity contribution in [2.75, 3.05) is 13.2 Å². The monoisotopic (exact) mass is 266 g/mol. The van der Waals surface area contributed by atoms with Crippen LogP contribution in [0, 0.1) is 0 Å². The lowest BCUT2D eigenvalue weighted by atomic mass is 9.94. The lowest BCUT2D eigenvalue weighted by molar-refractivity contribution is -0.183. The van der Waals surface area contributed by atoms with Gasteiger partial charge in [0.1, 0.15) is 0 Å². The van der Waals surface area contributed by atoms with Crippen LogP contribution in [0.3, 0.4) is 0 Å². The van der Waals surface area contributed by atoms with Gasteiger partial charge in [-0.1, -0.05) is 30.3 Å². The maximum Gasteiger partial charge on any atom is 0.350 e. The zero-order valence-electron chi connectivity index (χ0n) is 11.1. The quantitative estimate of drug-likeness (QED) is 0.616. The van der Waals surface area contributed by atoms with Crippen LogP contribution in [0.5, 0.6) is 0 Å². The molecule has 1 N–H and O–H groups in total. The second kappa shape index (κ2) is 6.89. The zero-order chi connectivity index (χ0) is 14.3. The van der Waals surface area contributed by atoms with Gasteiger partial charge in [-0.15, -0.1) is 0 Å². The molecule has 1 rings (SSSR count). The Balaban J connectivity index is 2.98. The number of ether oxygens (including phenoxy) is 2. The Hall–Kier alpha value is -1.88. The summed E-state index contributed by atoms with van der Waals surface area (Å²) in [6.07, 6.45) is -0.175. The molecule has 5 heteroatoms. The summed E-state index contributed by atoms with van der Waals surface area (Å²) in [5.74, 6) is -1.98. The maximum atomic E-state index is 11.8. The third-order valence-electron chi connectivity index (χ3n) is 2.53. The first-order valence-electron chi connectivity index (χ1n) is 6.15. The molecule has 5 nitrogen and oxygen atoms in total. The van der Waals surface area contributed by atoms with Crippen LogP contribution in [0.25, 0.3) is 0 Å². The van der Waals surface area contributed by atoms with Gasteiger partial charge in [0.15, 0.2) is 0 Å². The molecule has 0 unspecified atom stereocenters. The summed E-state index contributed by atoms with van der Waals surface area (Å²) < 4.78 is 9.51. The molecule has 0 aromatic heterocycles. The zero-order valence-corrected chi connectivity index (χ0v) is 11.1. The van der Waals surface area contributed by atoms with Crippen molar-refractivity contribution in [1.82, 2.24) is 0 Å². The standard InChI is InChI=1S/C14H18O5/c1-3-18-12(15)14(17,13(16)19-4-2)10-11-8-6-5-7-9-11/h5-9,17H,3-4,10H2,1-2H3. The maximum absolute atomic E-state index is 11.8. The van der Waals surface area contributed by atoms with Crippen LogP contribution in [0.1, 0.15) is 19.4 Å². The molecular weight excluding hydrogens is 248 g/mol. The molecule has 0 heterocycles. The Labute approximate surface area is 112 Å². The van der Waals surface area contributed by atoms with Gasteiger partial charge in [0.2, 0.25) is 0 Å². The highest BCUT2D eigenvalue weighted by molar-refractivity contribution is 6.03. The van der Waals surface area contributed by atoms with Crippen LogP contribution < -0.4 is 0 Å². The van der Waals surface area contributed by atoms with E-state index < -0.39 is 17.5 Å². The molecule has 0 aliphatic heterocycles. The van der Waals surface area contributed by atoms with Crippen LogP contribution in [0.2, 0.25) is 0 Å². The van der Waals surface area contributed by atoms with E-state index >= 15 is 0 Å². The van der Waals surface area contributed by atoms with E-state index in [0.29, 0.717) is 5.56 Å². The van der Waals surface area contributed by atoms with Crippen LogP contribution in [-0.4, -0.2) is 35.9 Å². The molecule has 0 fully saturated rings. The average Bonchev–Trinajstić information content (AvgIpc) is 2.40. The minimum atomic E-state index is -2.30. The fourth-order valence-corrected chi connectivity index (χ4v) is 1.62. The third kappa shape index (κ3) is 3.79. The summed E-state index contributed by atoms with van der Waals surface area (Å²) in [5, 5.41) is 10.3. The van der Waals surface area contributed by atoms with Gasteiger partial charge >= 0.3 is 11.9 Å². The molecule has 0 saturated heterocycles. The predicted octanol–water partition coefficient (Wildman–Crippen LogP) is 1.09. The van der Waals surface area contributed by atoms with Crippen molar-refractivity contribution in [3.63, 3.8) is 0 Å². The van der Waals surface area contributed by atoms with Crippen molar-refractivity contribution in [2.45, 2.75) is 25.9 Å². The van der Waals surface area contributed by atoms with Gasteiger partial charge in [0, 0.05) is 6.42 Å². The van der Waals surface area contributed by atoms with Crippen LogP contribution in [0.15, 0.2) is 30.3 Å². The summed E-state index contributed by atoms with van der Waals surface area (Å²) in [7, 11) is 0. The van der Waals surface area contributed by atoms with Gasteiger partial charge in [0.05, 0.1) is 13.2 Å². The van der Waals surface area contributed by atoms with E-state index in [9.17, 15) is 14.7 Å². The minimum Gasteiger partial charge on any atom is -0.463 e. The van der Waals surface area contributed by atoms with Crippen molar-refractivity contribution in [3.05, 3.63) is 35.9 Å². The number of carbonyl (C=O) groups excluding carboxylic acids is 2. The fraction of sp³-hybridized carbons (Fsp3) is 0.429. The molecule has 0 spiro atoms. The SMILES string of the molecule is CCOC(=O)C(O)(Cc1ccccc1)C(=O)OCC. The van der Waals surface area contributed by atoms with Crippen LogP contribution >= 0.6 is 0 Å². The van der Waals surface area contributed by atoms with Gasteiger partial charge in [-0.05, 0) is 19.4 Å². The topological polar surface area (TPSA) is 72.8 Å². The largest absolute Gasteiger partial charge is 0.463 e. The van der Waals surface area contributed by atoms with Crippen LogP contribution in [0.4, 0.5) is 0 Å². The molecule has 0 bridgehead atoms. The van der Waals surface area contributed by atoms with Crippen molar-refractivity contribution in [2.24, 2.45) is 0 Å². The van der Waals surface area contributed by atoms with E-state index in [-0.39, 0.29) is 19.6 Å². The molecule has 1 aromatic rings. The van der Waals surface area contributed by atoms with Gasteiger partial charge in [-0.2, -0.15) is 0 Å². The van der Waals surface area contributed by atoms with Gasteiger partial charge in [-0.3, -0.25) is 0 Å². The predicted molar refractivity (Wildman–Crippen MR) is 68.4 cm³/mol. The van der Waals surface area contributed by atoms with E-state index in [0.717, 1.165) is 0 Å². The Bertz CT molecular complexity index is 409. The molecule has 0 aliphatic rings. The first kappa shape index (κ1) is 15.2. The average molecular weight is 266 g/mol. The van der Waals surface area contributed by atoms with Crippen LogP contribution in [-0.2, 0) is 25.5 Å². The Kier molecular flexibility index (Phi) is 5.51. The highest BCUT2D eigenvalue weighted by Gasteiger charge is 2.47. The lowest BCUT2D eigenvalue weighted by Crippen LogP contribution is -2.50. The summed E-state index contributed by atoms with van der Waals surface area (Å²) in [5.41, 5.74) is -1.65. The first-order valence-corrected chi connectivity index (χ1v) is 6.15. The van der Waals surface area contributed by atoms with E-state index in [1.54, 1.807) is 44.2 Å². The van der Waals surface area contributed by atoms with Crippen molar-refractivity contribution in [1.29, 1.82) is 0 Å². The fourth-order valence-electron chi connectivity index (χ4n) is 1.62. The summed E-state index contributed by atoms with van der Waals surface area (Å²) >= 11 is 0. The number of hydrogen-bond donors (Lipinski definition) is 1. The molecule has 0 amide bonds. The number of aliphatic hydroxyl groups is 1. The second-order valence-corrected chi connectivity index (χ2v) is 3.96. The van der Waals surface area contributed by atoms with E-state index in [4.69, 9.17) is 9.47 Å². The summed E-state index contributed by atoms with van der Waals surface area (Å²) in [6.45, 7) is 3.36.